The van der Waals surface area contributed by atoms with Gasteiger partial charge < -0.3 is 13.9 Å². The molecule has 0 atom stereocenters. The molecule has 7 heteroatoms. The number of fused-ring (bicyclic) bond motifs is 1. The zero-order valence-corrected chi connectivity index (χ0v) is 16.8. The summed E-state index contributed by atoms with van der Waals surface area (Å²) in [6, 6.07) is 15.0. The Labute approximate surface area is 173 Å². The molecule has 144 valence electrons. The number of para-hydroxylation sites is 1. The summed E-state index contributed by atoms with van der Waals surface area (Å²) in [5, 5.41) is 0.321. The Balaban J connectivity index is 1.90. The van der Waals surface area contributed by atoms with E-state index in [0.717, 1.165) is 0 Å². The minimum absolute atomic E-state index is 0.152. The molecule has 0 saturated heterocycles. The summed E-state index contributed by atoms with van der Waals surface area (Å²) in [4.78, 5) is 29.6. The zero-order valence-electron chi connectivity index (χ0n) is 15.2. The van der Waals surface area contributed by atoms with Crippen LogP contribution in [0.3, 0.4) is 0 Å². The van der Waals surface area contributed by atoms with E-state index in [1.54, 1.807) is 49.6 Å². The lowest BCUT2D eigenvalue weighted by Gasteiger charge is -2.12. The van der Waals surface area contributed by atoms with Gasteiger partial charge in [-0.3, -0.25) is 9.78 Å². The highest BCUT2D eigenvalue weighted by atomic mass is 79.9. The zero-order chi connectivity index (χ0) is 20.4. The van der Waals surface area contributed by atoms with Gasteiger partial charge in [0, 0.05) is 18.0 Å². The van der Waals surface area contributed by atoms with Crippen molar-refractivity contribution in [3.63, 3.8) is 0 Å². The summed E-state index contributed by atoms with van der Waals surface area (Å²) in [6.45, 7) is 0. The number of halogens is 1. The van der Waals surface area contributed by atoms with Crippen LogP contribution in [0.15, 0.2) is 80.7 Å². The molecule has 0 N–H and O–H groups in total. The Bertz CT molecular complexity index is 1270. The normalized spacial score (nSPS) is 10.7. The molecule has 4 aromatic rings. The van der Waals surface area contributed by atoms with Crippen LogP contribution in [0.4, 0.5) is 0 Å². The minimum Gasteiger partial charge on any atom is -0.496 e. The molecular weight excluding hydrogens is 438 g/mol. The van der Waals surface area contributed by atoms with E-state index < -0.39 is 11.4 Å². The Hall–Kier alpha value is -3.45. The molecule has 4 rings (SSSR count). The first kappa shape index (κ1) is 18.9. The van der Waals surface area contributed by atoms with Crippen LogP contribution in [0, 0.1) is 0 Å². The van der Waals surface area contributed by atoms with E-state index in [1.165, 1.54) is 24.5 Å². The standard InChI is InChI=1S/C22H14BrNO5/c1-27-18-7-6-14(12-16(18)23)20-21(29-22(26)13-8-10-24-11-9-13)19(25)15-4-2-3-5-17(15)28-20/h2-12H,1H3. The number of nitrogens with zero attached hydrogens (tertiary/aromatic N) is 1. The number of hydrogen-bond donors (Lipinski definition) is 0. The predicted octanol–water partition coefficient (Wildman–Crippen LogP) is 4.85. The van der Waals surface area contributed by atoms with Crippen molar-refractivity contribution >= 4 is 32.9 Å². The smallest absolute Gasteiger partial charge is 0.343 e. The second-order valence-corrected chi connectivity index (χ2v) is 6.91. The molecule has 0 aliphatic rings. The largest absolute Gasteiger partial charge is 0.496 e. The molecule has 0 radical (unpaired) electrons. The quantitative estimate of drug-likeness (QED) is 0.412. The summed E-state index contributed by atoms with van der Waals surface area (Å²) in [5.41, 5.74) is 0.784. The molecule has 2 aromatic carbocycles. The summed E-state index contributed by atoms with van der Waals surface area (Å²) in [5.74, 6) is -0.0851. The third-order valence-electron chi connectivity index (χ3n) is 4.28. The molecule has 2 aromatic heterocycles. The molecule has 0 unspecified atom stereocenters. The SMILES string of the molecule is COc1ccc(-c2oc3ccccc3c(=O)c2OC(=O)c2ccncc2)cc1Br. The number of esters is 1. The summed E-state index contributed by atoms with van der Waals surface area (Å²) < 4.78 is 17.4. The number of rotatable bonds is 4. The number of carbonyl (C=O) groups excluding carboxylic acids is 1. The molecule has 0 spiro atoms. The Morgan fingerprint density at radius 3 is 2.55 bits per heavy atom. The second kappa shape index (κ2) is 7.89. The number of ether oxygens (including phenoxy) is 2. The van der Waals surface area contributed by atoms with Crippen molar-refractivity contribution in [3.8, 4) is 22.8 Å². The van der Waals surface area contributed by atoms with Crippen molar-refractivity contribution in [2.75, 3.05) is 7.11 Å². The first-order valence-electron chi connectivity index (χ1n) is 8.60. The molecule has 29 heavy (non-hydrogen) atoms. The van der Waals surface area contributed by atoms with Crippen LogP contribution in [0.1, 0.15) is 10.4 Å². The lowest BCUT2D eigenvalue weighted by molar-refractivity contribution is 0.0731. The van der Waals surface area contributed by atoms with E-state index in [9.17, 15) is 9.59 Å². The van der Waals surface area contributed by atoms with Crippen molar-refractivity contribution in [3.05, 3.63) is 87.3 Å². The first-order valence-corrected chi connectivity index (χ1v) is 9.39. The van der Waals surface area contributed by atoms with Crippen molar-refractivity contribution in [1.82, 2.24) is 4.98 Å². The lowest BCUT2D eigenvalue weighted by Crippen LogP contribution is -2.16. The van der Waals surface area contributed by atoms with Crippen molar-refractivity contribution in [2.45, 2.75) is 0 Å². The first-order chi connectivity index (χ1) is 14.1. The third-order valence-corrected chi connectivity index (χ3v) is 4.90. The van der Waals surface area contributed by atoms with Crippen LogP contribution in [-0.2, 0) is 0 Å². The van der Waals surface area contributed by atoms with Gasteiger partial charge in [-0.05, 0) is 58.4 Å². The van der Waals surface area contributed by atoms with E-state index in [1.807, 2.05) is 0 Å². The van der Waals surface area contributed by atoms with Gasteiger partial charge in [0.2, 0.25) is 11.2 Å². The molecule has 0 saturated carbocycles. The van der Waals surface area contributed by atoms with Crippen LogP contribution < -0.4 is 14.9 Å². The van der Waals surface area contributed by atoms with Gasteiger partial charge in [-0.25, -0.2) is 4.79 Å². The average molecular weight is 452 g/mol. The van der Waals surface area contributed by atoms with Crippen molar-refractivity contribution < 1.29 is 18.7 Å². The van der Waals surface area contributed by atoms with Gasteiger partial charge in [0.25, 0.3) is 0 Å². The summed E-state index contributed by atoms with van der Waals surface area (Å²) in [7, 11) is 1.55. The van der Waals surface area contributed by atoms with E-state index in [4.69, 9.17) is 13.9 Å². The molecule has 0 bridgehead atoms. The average Bonchev–Trinajstić information content (AvgIpc) is 2.76. The topological polar surface area (TPSA) is 78.6 Å². The highest BCUT2D eigenvalue weighted by Gasteiger charge is 2.22. The Morgan fingerprint density at radius 1 is 1.07 bits per heavy atom. The number of benzene rings is 2. The van der Waals surface area contributed by atoms with Crippen LogP contribution >= 0.6 is 15.9 Å². The summed E-state index contributed by atoms with van der Waals surface area (Å²) >= 11 is 3.43. The molecule has 2 heterocycles. The van der Waals surface area contributed by atoms with Crippen LogP contribution in [-0.4, -0.2) is 18.1 Å². The maximum Gasteiger partial charge on any atom is 0.343 e. The fourth-order valence-corrected chi connectivity index (χ4v) is 3.40. The van der Waals surface area contributed by atoms with Gasteiger partial charge in [-0.2, -0.15) is 0 Å². The van der Waals surface area contributed by atoms with Crippen LogP contribution in [0.2, 0.25) is 0 Å². The number of methoxy groups -OCH3 is 1. The maximum atomic E-state index is 13.1. The number of carbonyl (C=O) groups is 1. The Morgan fingerprint density at radius 2 is 1.83 bits per heavy atom. The monoisotopic (exact) mass is 451 g/mol. The number of hydrogen-bond acceptors (Lipinski definition) is 6. The molecule has 6 nitrogen and oxygen atoms in total. The van der Waals surface area contributed by atoms with Gasteiger partial charge in [-0.15, -0.1) is 0 Å². The Kier molecular flexibility index (Phi) is 5.14. The van der Waals surface area contributed by atoms with Gasteiger partial charge in [0.1, 0.15) is 11.3 Å². The summed E-state index contributed by atoms with van der Waals surface area (Å²) in [6.07, 6.45) is 2.95. The fourth-order valence-electron chi connectivity index (χ4n) is 2.85. The van der Waals surface area contributed by atoms with Crippen molar-refractivity contribution in [2.24, 2.45) is 0 Å². The van der Waals surface area contributed by atoms with Gasteiger partial charge in [-0.1, -0.05) is 12.1 Å². The molecule has 0 aliphatic carbocycles. The molecular formula is C22H14BrNO5. The van der Waals surface area contributed by atoms with Gasteiger partial charge >= 0.3 is 5.97 Å². The molecule has 0 amide bonds. The van der Waals surface area contributed by atoms with E-state index in [-0.39, 0.29) is 17.1 Å². The lowest BCUT2D eigenvalue weighted by atomic mass is 10.1. The van der Waals surface area contributed by atoms with E-state index in [0.29, 0.717) is 26.8 Å². The fraction of sp³-hybridized carbons (Fsp3) is 0.0455. The molecule has 0 fully saturated rings. The molecule has 0 aliphatic heterocycles. The van der Waals surface area contributed by atoms with Crippen LogP contribution in [0.5, 0.6) is 11.5 Å². The number of aromatic nitrogens is 1. The number of pyridine rings is 1. The highest BCUT2D eigenvalue weighted by molar-refractivity contribution is 9.10. The second-order valence-electron chi connectivity index (χ2n) is 6.06. The van der Waals surface area contributed by atoms with Crippen LogP contribution in [0.25, 0.3) is 22.3 Å². The van der Waals surface area contributed by atoms with Crippen molar-refractivity contribution in [1.29, 1.82) is 0 Å². The van der Waals surface area contributed by atoms with E-state index in [2.05, 4.69) is 20.9 Å². The third kappa shape index (κ3) is 3.64. The van der Waals surface area contributed by atoms with E-state index >= 15 is 0 Å². The predicted molar refractivity (Wildman–Crippen MR) is 111 cm³/mol. The minimum atomic E-state index is -0.677. The highest BCUT2D eigenvalue weighted by Crippen LogP contribution is 2.35. The van der Waals surface area contributed by atoms with Gasteiger partial charge in [0.15, 0.2) is 5.76 Å². The maximum absolute atomic E-state index is 13.1. The van der Waals surface area contributed by atoms with Gasteiger partial charge in [0.05, 0.1) is 22.5 Å².